The van der Waals surface area contributed by atoms with Crippen molar-refractivity contribution in [2.24, 2.45) is 0 Å². The monoisotopic (exact) mass is 330 g/mol. The summed E-state index contributed by atoms with van der Waals surface area (Å²) in [4.78, 5) is 17.1. The summed E-state index contributed by atoms with van der Waals surface area (Å²) in [6.45, 7) is 2.31. The number of aryl methyl sites for hydroxylation is 1. The van der Waals surface area contributed by atoms with Gasteiger partial charge in [-0.3, -0.25) is 9.89 Å². The minimum atomic E-state index is -0.267. The summed E-state index contributed by atoms with van der Waals surface area (Å²) in [6.07, 6.45) is 5.46. The van der Waals surface area contributed by atoms with Crippen molar-refractivity contribution in [3.8, 4) is 6.07 Å². The van der Waals surface area contributed by atoms with Crippen LogP contribution in [0.15, 0.2) is 42.9 Å². The van der Waals surface area contributed by atoms with Crippen molar-refractivity contribution in [1.29, 1.82) is 5.26 Å². The Bertz CT molecular complexity index is 1150. The highest BCUT2D eigenvalue weighted by atomic mass is 16.1. The molecule has 0 radical (unpaired) electrons. The highest BCUT2D eigenvalue weighted by Gasteiger charge is 2.14. The van der Waals surface area contributed by atoms with E-state index in [1.807, 2.05) is 35.9 Å². The summed E-state index contributed by atoms with van der Waals surface area (Å²) in [5, 5.41) is 19.4. The van der Waals surface area contributed by atoms with Crippen LogP contribution in [-0.2, 0) is 6.54 Å². The van der Waals surface area contributed by atoms with Crippen molar-refractivity contribution >= 4 is 22.5 Å². The van der Waals surface area contributed by atoms with Gasteiger partial charge in [0.2, 0.25) is 0 Å². The summed E-state index contributed by atoms with van der Waals surface area (Å²) < 4.78 is 1.93. The lowest BCUT2D eigenvalue weighted by Crippen LogP contribution is -2.23. The molecule has 25 heavy (non-hydrogen) atoms. The first kappa shape index (κ1) is 14.9. The van der Waals surface area contributed by atoms with Crippen LogP contribution in [0.1, 0.15) is 27.2 Å². The van der Waals surface area contributed by atoms with E-state index in [4.69, 9.17) is 5.26 Å². The van der Waals surface area contributed by atoms with Crippen LogP contribution in [0.4, 0.5) is 0 Å². The van der Waals surface area contributed by atoms with Crippen molar-refractivity contribution < 1.29 is 4.79 Å². The minimum Gasteiger partial charge on any atom is -0.346 e. The zero-order valence-electron chi connectivity index (χ0n) is 13.4. The summed E-state index contributed by atoms with van der Waals surface area (Å²) in [7, 11) is 0. The number of nitrogens with zero attached hydrogens (tertiary/aromatic N) is 4. The SMILES string of the molecule is Cc1ccc2nc(CNC(=O)c3cc(C#N)cc4[nH]ncc34)cn2c1. The standard InChI is InChI=1S/C18H14N6O/c1-11-2-3-17-22-13(10-24(17)9-11)7-20-18(25)14-4-12(6-19)5-16-15(14)8-21-23-16/h2-5,8-10H,7H2,1H3,(H,20,25)(H,21,23). The van der Waals surface area contributed by atoms with Crippen LogP contribution in [0.2, 0.25) is 0 Å². The lowest BCUT2D eigenvalue weighted by atomic mass is 10.1. The molecule has 3 aromatic heterocycles. The quantitative estimate of drug-likeness (QED) is 0.602. The van der Waals surface area contributed by atoms with Gasteiger partial charge in [0.25, 0.3) is 5.91 Å². The number of aromatic nitrogens is 4. The number of aromatic amines is 1. The number of benzene rings is 1. The van der Waals surface area contributed by atoms with Crippen LogP contribution in [0.25, 0.3) is 16.6 Å². The zero-order valence-corrected chi connectivity index (χ0v) is 13.4. The van der Waals surface area contributed by atoms with E-state index < -0.39 is 0 Å². The Morgan fingerprint density at radius 3 is 3.08 bits per heavy atom. The molecule has 0 fully saturated rings. The molecule has 0 aliphatic rings. The molecule has 0 saturated carbocycles. The van der Waals surface area contributed by atoms with Gasteiger partial charge in [0.05, 0.1) is 41.1 Å². The molecule has 0 aliphatic carbocycles. The topological polar surface area (TPSA) is 98.9 Å². The van der Waals surface area contributed by atoms with E-state index >= 15 is 0 Å². The van der Waals surface area contributed by atoms with Crippen molar-refractivity contribution in [1.82, 2.24) is 24.9 Å². The van der Waals surface area contributed by atoms with E-state index in [9.17, 15) is 4.79 Å². The third-order valence-corrected chi connectivity index (χ3v) is 4.01. The Kier molecular flexibility index (Phi) is 3.43. The predicted octanol–water partition coefficient (Wildman–Crippen LogP) is 2.32. The van der Waals surface area contributed by atoms with Crippen molar-refractivity contribution in [3.05, 3.63) is 65.2 Å². The molecule has 0 aliphatic heterocycles. The fraction of sp³-hybridized carbons (Fsp3) is 0.111. The number of rotatable bonds is 3. The van der Waals surface area contributed by atoms with Crippen molar-refractivity contribution in [2.45, 2.75) is 13.5 Å². The van der Waals surface area contributed by atoms with E-state index in [1.54, 1.807) is 18.3 Å². The number of hydrogen-bond donors (Lipinski definition) is 2. The number of pyridine rings is 1. The fourth-order valence-electron chi connectivity index (χ4n) is 2.81. The van der Waals surface area contributed by atoms with Gasteiger partial charge >= 0.3 is 0 Å². The molecule has 4 rings (SSSR count). The molecule has 0 saturated heterocycles. The minimum absolute atomic E-state index is 0.267. The number of imidazole rings is 1. The van der Waals surface area contributed by atoms with Crippen LogP contribution >= 0.6 is 0 Å². The zero-order chi connectivity index (χ0) is 17.4. The first-order valence-corrected chi connectivity index (χ1v) is 7.74. The normalized spacial score (nSPS) is 10.9. The van der Waals surface area contributed by atoms with Gasteiger partial charge in [0.15, 0.2) is 0 Å². The first-order chi connectivity index (χ1) is 12.1. The Balaban J connectivity index is 1.59. The van der Waals surface area contributed by atoms with Crippen molar-refractivity contribution in [3.63, 3.8) is 0 Å². The molecule has 7 heteroatoms. The number of H-pyrrole nitrogens is 1. The molecule has 3 heterocycles. The lowest BCUT2D eigenvalue weighted by Gasteiger charge is -2.05. The average Bonchev–Trinajstić information content (AvgIpc) is 3.24. The maximum atomic E-state index is 12.6. The summed E-state index contributed by atoms with van der Waals surface area (Å²) >= 11 is 0. The Hall–Kier alpha value is -3.66. The average molecular weight is 330 g/mol. The Morgan fingerprint density at radius 2 is 2.24 bits per heavy atom. The number of nitriles is 1. The van der Waals surface area contributed by atoms with Gasteiger partial charge in [-0.2, -0.15) is 10.4 Å². The number of carbonyl (C=O) groups excluding carboxylic acids is 1. The van der Waals surface area contributed by atoms with Crippen LogP contribution in [0, 0.1) is 18.3 Å². The van der Waals surface area contributed by atoms with Gasteiger partial charge in [-0.1, -0.05) is 6.07 Å². The van der Waals surface area contributed by atoms with E-state index in [2.05, 4.69) is 26.6 Å². The van der Waals surface area contributed by atoms with Gasteiger partial charge in [0, 0.05) is 17.8 Å². The number of nitrogens with one attached hydrogen (secondary N) is 2. The second-order valence-electron chi connectivity index (χ2n) is 5.85. The predicted molar refractivity (Wildman–Crippen MR) is 91.9 cm³/mol. The molecule has 4 aromatic rings. The summed E-state index contributed by atoms with van der Waals surface area (Å²) in [6, 6.07) is 9.23. The first-order valence-electron chi connectivity index (χ1n) is 7.74. The van der Waals surface area contributed by atoms with Crippen molar-refractivity contribution in [2.75, 3.05) is 0 Å². The number of fused-ring (bicyclic) bond motifs is 2. The second-order valence-corrected chi connectivity index (χ2v) is 5.85. The Morgan fingerprint density at radius 1 is 1.36 bits per heavy atom. The van der Waals surface area contributed by atoms with Crippen LogP contribution in [0.3, 0.4) is 0 Å². The Labute approximate surface area is 142 Å². The van der Waals surface area contributed by atoms with E-state index in [0.29, 0.717) is 28.6 Å². The highest BCUT2D eigenvalue weighted by Crippen LogP contribution is 2.19. The number of amides is 1. The largest absolute Gasteiger partial charge is 0.346 e. The van der Waals surface area contributed by atoms with E-state index in [0.717, 1.165) is 16.9 Å². The lowest BCUT2D eigenvalue weighted by molar-refractivity contribution is 0.0952. The van der Waals surface area contributed by atoms with Gasteiger partial charge in [0.1, 0.15) is 5.65 Å². The summed E-state index contributed by atoms with van der Waals surface area (Å²) in [5.41, 5.74) is 4.22. The molecule has 2 N–H and O–H groups in total. The molecular weight excluding hydrogens is 316 g/mol. The molecule has 0 bridgehead atoms. The molecule has 0 atom stereocenters. The molecule has 0 unspecified atom stereocenters. The van der Waals surface area contributed by atoms with Crippen LogP contribution in [0.5, 0.6) is 0 Å². The molecule has 0 spiro atoms. The number of carbonyl (C=O) groups is 1. The highest BCUT2D eigenvalue weighted by molar-refractivity contribution is 6.06. The maximum absolute atomic E-state index is 12.6. The molecular formula is C18H14N6O. The summed E-state index contributed by atoms with van der Waals surface area (Å²) in [5.74, 6) is -0.267. The third kappa shape index (κ3) is 2.70. The van der Waals surface area contributed by atoms with Crippen LogP contribution < -0.4 is 5.32 Å². The second kappa shape index (κ2) is 5.76. The van der Waals surface area contributed by atoms with Gasteiger partial charge < -0.3 is 9.72 Å². The van der Waals surface area contributed by atoms with Gasteiger partial charge in [-0.15, -0.1) is 0 Å². The fourth-order valence-corrected chi connectivity index (χ4v) is 2.81. The molecule has 1 amide bonds. The third-order valence-electron chi connectivity index (χ3n) is 4.01. The maximum Gasteiger partial charge on any atom is 0.252 e. The molecule has 122 valence electrons. The molecule has 1 aromatic carbocycles. The van der Waals surface area contributed by atoms with Gasteiger partial charge in [-0.05, 0) is 30.7 Å². The number of hydrogen-bond acceptors (Lipinski definition) is 4. The van der Waals surface area contributed by atoms with E-state index in [1.165, 1.54) is 0 Å². The van der Waals surface area contributed by atoms with Gasteiger partial charge in [-0.25, -0.2) is 4.98 Å². The van der Waals surface area contributed by atoms with Crippen LogP contribution in [-0.4, -0.2) is 25.5 Å². The molecule has 7 nitrogen and oxygen atoms in total. The smallest absolute Gasteiger partial charge is 0.252 e. The van der Waals surface area contributed by atoms with E-state index in [-0.39, 0.29) is 5.91 Å².